The van der Waals surface area contributed by atoms with Crippen molar-refractivity contribution in [3.63, 3.8) is 0 Å². The van der Waals surface area contributed by atoms with E-state index in [2.05, 4.69) is 15.1 Å². The van der Waals surface area contributed by atoms with Crippen LogP contribution in [0.15, 0.2) is 48.5 Å². The van der Waals surface area contributed by atoms with Crippen LogP contribution in [0.1, 0.15) is 6.42 Å². The Labute approximate surface area is 167 Å². The maximum Gasteiger partial charge on any atom is 0.186 e. The maximum absolute atomic E-state index is 6.10. The smallest absolute Gasteiger partial charge is 0.186 e. The fourth-order valence-corrected chi connectivity index (χ4v) is 4.65. The molecule has 1 fully saturated rings. The second kappa shape index (κ2) is 7.78. The van der Waals surface area contributed by atoms with E-state index in [0.29, 0.717) is 0 Å². The second-order valence-corrected chi connectivity index (χ2v) is 8.06. The Morgan fingerprint density at radius 2 is 1.92 bits per heavy atom. The molecule has 7 heteroatoms. The Balaban J connectivity index is 1.43. The minimum Gasteiger partial charge on any atom is -0.347 e. The molecule has 0 saturated carbocycles. The lowest BCUT2D eigenvalue weighted by Gasteiger charge is -2.24. The average molecular weight is 403 g/mol. The summed E-state index contributed by atoms with van der Waals surface area (Å²) in [6.45, 7) is 3.73. The molecular formula is C19H19ClN4S2. The third-order valence-electron chi connectivity index (χ3n) is 4.42. The number of hydrogen-bond donors (Lipinski definition) is 1. The fraction of sp³-hybridized carbons (Fsp3) is 0.263. The zero-order chi connectivity index (χ0) is 17.9. The van der Waals surface area contributed by atoms with Gasteiger partial charge in [-0.25, -0.2) is 4.98 Å². The Hall–Kier alpha value is -1.89. The van der Waals surface area contributed by atoms with Crippen molar-refractivity contribution in [1.82, 2.24) is 9.88 Å². The normalized spacial score (nSPS) is 15.1. The van der Waals surface area contributed by atoms with Crippen LogP contribution in [0.5, 0.6) is 0 Å². The van der Waals surface area contributed by atoms with Crippen LogP contribution in [0.3, 0.4) is 0 Å². The van der Waals surface area contributed by atoms with Crippen LogP contribution in [0.25, 0.3) is 10.2 Å². The van der Waals surface area contributed by atoms with E-state index >= 15 is 0 Å². The molecule has 0 unspecified atom stereocenters. The number of para-hydroxylation sites is 1. The van der Waals surface area contributed by atoms with Crippen molar-refractivity contribution in [2.75, 3.05) is 36.4 Å². The molecule has 2 aromatic carbocycles. The first-order valence-corrected chi connectivity index (χ1v) is 10.2. The van der Waals surface area contributed by atoms with Crippen LogP contribution in [-0.2, 0) is 0 Å². The minimum atomic E-state index is 0.757. The maximum atomic E-state index is 6.10. The Morgan fingerprint density at radius 1 is 1.08 bits per heavy atom. The molecule has 1 aromatic heterocycles. The molecule has 0 atom stereocenters. The van der Waals surface area contributed by atoms with E-state index in [-0.39, 0.29) is 0 Å². The summed E-state index contributed by atoms with van der Waals surface area (Å²) in [7, 11) is 0. The zero-order valence-corrected chi connectivity index (χ0v) is 16.6. The summed E-state index contributed by atoms with van der Waals surface area (Å²) in [5.41, 5.74) is 2.04. The first-order valence-electron chi connectivity index (χ1n) is 8.61. The molecule has 4 rings (SSSR count). The molecule has 0 radical (unpaired) electrons. The number of thiazole rings is 1. The Bertz CT molecular complexity index is 912. The topological polar surface area (TPSA) is 31.4 Å². The molecule has 1 aliphatic rings. The molecule has 26 heavy (non-hydrogen) atoms. The van der Waals surface area contributed by atoms with Gasteiger partial charge in [-0.15, -0.1) is 0 Å². The first kappa shape index (κ1) is 17.5. The summed E-state index contributed by atoms with van der Waals surface area (Å²) in [6.07, 6.45) is 1.05. The number of nitrogens with zero attached hydrogens (tertiary/aromatic N) is 3. The largest absolute Gasteiger partial charge is 0.347 e. The van der Waals surface area contributed by atoms with E-state index in [9.17, 15) is 0 Å². The van der Waals surface area contributed by atoms with E-state index in [4.69, 9.17) is 28.8 Å². The van der Waals surface area contributed by atoms with Gasteiger partial charge >= 0.3 is 0 Å². The van der Waals surface area contributed by atoms with Gasteiger partial charge in [-0.3, -0.25) is 0 Å². The molecular weight excluding hydrogens is 384 g/mol. The van der Waals surface area contributed by atoms with Crippen molar-refractivity contribution in [3.8, 4) is 0 Å². The number of thiocarbonyl (C=S) groups is 1. The number of anilines is 2. The highest BCUT2D eigenvalue weighted by Gasteiger charge is 2.19. The quantitative estimate of drug-likeness (QED) is 0.619. The predicted molar refractivity (Wildman–Crippen MR) is 116 cm³/mol. The van der Waals surface area contributed by atoms with Crippen LogP contribution in [-0.4, -0.2) is 41.2 Å². The summed E-state index contributed by atoms with van der Waals surface area (Å²) in [5, 5.41) is 5.94. The van der Waals surface area contributed by atoms with Crippen molar-refractivity contribution in [1.29, 1.82) is 0 Å². The van der Waals surface area contributed by atoms with Crippen molar-refractivity contribution < 1.29 is 0 Å². The van der Waals surface area contributed by atoms with Crippen LogP contribution >= 0.6 is 35.2 Å². The van der Waals surface area contributed by atoms with Crippen molar-refractivity contribution in [2.45, 2.75) is 6.42 Å². The van der Waals surface area contributed by atoms with Gasteiger partial charge in [0.15, 0.2) is 10.2 Å². The molecule has 1 N–H and O–H groups in total. The highest BCUT2D eigenvalue weighted by Crippen LogP contribution is 2.31. The van der Waals surface area contributed by atoms with Gasteiger partial charge in [-0.1, -0.05) is 41.1 Å². The lowest BCUT2D eigenvalue weighted by atomic mass is 10.3. The number of hydrogen-bond acceptors (Lipinski definition) is 4. The lowest BCUT2D eigenvalue weighted by Crippen LogP contribution is -2.37. The fourth-order valence-electron chi connectivity index (χ4n) is 3.06. The standard InChI is InChI=1S/C19H19ClN4S2/c20-14-7-8-16-17(13-14)26-19(22-16)24-10-4-9-23(11-12-24)18(25)21-15-5-2-1-3-6-15/h1-3,5-8,13H,4,9-12H2,(H,21,25). The number of rotatable bonds is 2. The van der Waals surface area contributed by atoms with Gasteiger partial charge in [-0.05, 0) is 49.0 Å². The summed E-state index contributed by atoms with van der Waals surface area (Å²) < 4.78 is 1.13. The molecule has 1 saturated heterocycles. The molecule has 0 bridgehead atoms. The Kier molecular flexibility index (Phi) is 5.24. The average Bonchev–Trinajstić information content (AvgIpc) is 2.90. The molecule has 0 aliphatic carbocycles. The number of benzene rings is 2. The van der Waals surface area contributed by atoms with E-state index in [1.807, 2.05) is 48.5 Å². The van der Waals surface area contributed by atoms with Gasteiger partial charge in [0, 0.05) is 36.9 Å². The molecule has 4 nitrogen and oxygen atoms in total. The van der Waals surface area contributed by atoms with Crippen LogP contribution in [0.4, 0.5) is 10.8 Å². The third kappa shape index (κ3) is 3.92. The van der Waals surface area contributed by atoms with Gasteiger partial charge in [-0.2, -0.15) is 0 Å². The molecule has 0 amide bonds. The van der Waals surface area contributed by atoms with E-state index in [1.54, 1.807) is 11.3 Å². The van der Waals surface area contributed by atoms with E-state index < -0.39 is 0 Å². The zero-order valence-electron chi connectivity index (χ0n) is 14.2. The highest BCUT2D eigenvalue weighted by molar-refractivity contribution is 7.80. The van der Waals surface area contributed by atoms with Crippen molar-refractivity contribution in [2.24, 2.45) is 0 Å². The summed E-state index contributed by atoms with van der Waals surface area (Å²) in [4.78, 5) is 9.37. The van der Waals surface area contributed by atoms with Gasteiger partial charge in [0.1, 0.15) is 0 Å². The van der Waals surface area contributed by atoms with Crippen molar-refractivity contribution in [3.05, 3.63) is 53.6 Å². The SMILES string of the molecule is S=C(Nc1ccccc1)N1CCCN(c2nc3ccc(Cl)cc3s2)CC1. The van der Waals surface area contributed by atoms with Gasteiger partial charge in [0.25, 0.3) is 0 Å². The monoisotopic (exact) mass is 402 g/mol. The van der Waals surface area contributed by atoms with Crippen LogP contribution < -0.4 is 10.2 Å². The highest BCUT2D eigenvalue weighted by atomic mass is 35.5. The van der Waals surface area contributed by atoms with Crippen molar-refractivity contribution >= 4 is 61.3 Å². The second-order valence-electron chi connectivity index (χ2n) is 6.23. The summed E-state index contributed by atoms with van der Waals surface area (Å²) >= 11 is 13.4. The van der Waals surface area contributed by atoms with Crippen LogP contribution in [0.2, 0.25) is 5.02 Å². The number of nitrogens with one attached hydrogen (secondary N) is 1. The Morgan fingerprint density at radius 3 is 2.77 bits per heavy atom. The van der Waals surface area contributed by atoms with Gasteiger partial charge in [0.2, 0.25) is 0 Å². The van der Waals surface area contributed by atoms with E-state index in [0.717, 1.165) is 63.8 Å². The molecule has 1 aliphatic heterocycles. The molecule has 0 spiro atoms. The summed E-state index contributed by atoms with van der Waals surface area (Å²) in [5.74, 6) is 0. The number of aromatic nitrogens is 1. The van der Waals surface area contributed by atoms with Crippen LogP contribution in [0, 0.1) is 0 Å². The number of fused-ring (bicyclic) bond motifs is 1. The van der Waals surface area contributed by atoms with Gasteiger partial charge < -0.3 is 15.1 Å². The molecule has 134 valence electrons. The van der Waals surface area contributed by atoms with E-state index in [1.165, 1.54) is 0 Å². The first-order chi connectivity index (χ1) is 12.7. The molecule has 2 heterocycles. The lowest BCUT2D eigenvalue weighted by molar-refractivity contribution is 0.455. The molecule has 3 aromatic rings. The number of halogens is 1. The predicted octanol–water partition coefficient (Wildman–Crippen LogP) is 4.86. The third-order valence-corrected chi connectivity index (χ3v) is 6.09. The van der Waals surface area contributed by atoms with Gasteiger partial charge in [0.05, 0.1) is 10.2 Å². The summed E-state index contributed by atoms with van der Waals surface area (Å²) in [6, 6.07) is 15.9. The minimum absolute atomic E-state index is 0.757.